The first-order valence-electron chi connectivity index (χ1n) is 5.22. The van der Waals surface area contributed by atoms with Gasteiger partial charge in [0.05, 0.1) is 0 Å². The number of aromatic nitrogens is 2. The van der Waals surface area contributed by atoms with Crippen LogP contribution in [0.15, 0.2) is 49.1 Å². The van der Waals surface area contributed by atoms with E-state index in [2.05, 4.69) is 72.9 Å². The standard InChI is InChI=1S/C13H17N2/c1-13(2,3)15-10-9-14(11-15)12-7-5-4-6-8-12/h4-11H,1-3H3/q+1. The minimum Gasteiger partial charge on any atom is -0.232 e. The molecule has 0 unspecified atom stereocenters. The van der Waals surface area contributed by atoms with Gasteiger partial charge < -0.3 is 0 Å². The summed E-state index contributed by atoms with van der Waals surface area (Å²) in [6.45, 7) is 6.59. The number of nitrogens with zero attached hydrogens (tertiary/aromatic N) is 2. The van der Waals surface area contributed by atoms with Gasteiger partial charge in [-0.05, 0) is 32.9 Å². The van der Waals surface area contributed by atoms with Crippen molar-refractivity contribution < 1.29 is 4.57 Å². The summed E-state index contributed by atoms with van der Waals surface area (Å²) in [5.74, 6) is 0. The predicted molar refractivity (Wildman–Crippen MR) is 61.0 cm³/mol. The summed E-state index contributed by atoms with van der Waals surface area (Å²) >= 11 is 0. The molecule has 15 heavy (non-hydrogen) atoms. The molecule has 0 bridgehead atoms. The van der Waals surface area contributed by atoms with Crippen LogP contribution in [-0.2, 0) is 5.54 Å². The van der Waals surface area contributed by atoms with Gasteiger partial charge in [0.2, 0.25) is 6.33 Å². The lowest BCUT2D eigenvalue weighted by atomic mass is 10.1. The van der Waals surface area contributed by atoms with E-state index >= 15 is 0 Å². The summed E-state index contributed by atoms with van der Waals surface area (Å²) in [6.07, 6.45) is 6.31. The van der Waals surface area contributed by atoms with Crippen molar-refractivity contribution in [3.05, 3.63) is 49.1 Å². The molecule has 2 heteroatoms. The van der Waals surface area contributed by atoms with Gasteiger partial charge >= 0.3 is 0 Å². The second-order valence-electron chi connectivity index (χ2n) is 4.73. The third-order valence-electron chi connectivity index (χ3n) is 2.47. The van der Waals surface area contributed by atoms with Crippen LogP contribution < -0.4 is 4.57 Å². The second kappa shape index (κ2) is 3.54. The van der Waals surface area contributed by atoms with Crippen molar-refractivity contribution in [2.24, 2.45) is 0 Å². The van der Waals surface area contributed by atoms with Crippen LogP contribution in [0.3, 0.4) is 0 Å². The molecule has 78 valence electrons. The van der Waals surface area contributed by atoms with Gasteiger partial charge in [-0.1, -0.05) is 18.2 Å². The topological polar surface area (TPSA) is 8.81 Å². The lowest BCUT2D eigenvalue weighted by Crippen LogP contribution is -2.48. The van der Waals surface area contributed by atoms with Crippen LogP contribution in [0.1, 0.15) is 20.8 Å². The highest BCUT2D eigenvalue weighted by atomic mass is 15.1. The molecule has 1 aromatic heterocycles. The number of hydrogen-bond donors (Lipinski definition) is 0. The Morgan fingerprint density at radius 2 is 1.73 bits per heavy atom. The van der Waals surface area contributed by atoms with Gasteiger partial charge in [-0.25, -0.2) is 9.13 Å². The molecular formula is C13H17N2+. The molecule has 2 nitrogen and oxygen atoms in total. The van der Waals surface area contributed by atoms with Crippen molar-refractivity contribution in [3.8, 4) is 5.69 Å². The Kier molecular flexibility index (Phi) is 2.35. The first kappa shape index (κ1) is 9.97. The Morgan fingerprint density at radius 3 is 2.27 bits per heavy atom. The summed E-state index contributed by atoms with van der Waals surface area (Å²) in [4.78, 5) is 0. The molecule has 0 fully saturated rings. The summed E-state index contributed by atoms with van der Waals surface area (Å²) < 4.78 is 4.34. The van der Waals surface area contributed by atoms with E-state index in [1.807, 2.05) is 6.07 Å². The molecular weight excluding hydrogens is 184 g/mol. The number of imidazole rings is 1. The Bertz CT molecular complexity index is 435. The normalized spacial score (nSPS) is 11.7. The SMILES string of the molecule is CC(C)(C)[n+]1ccn(-c2ccccc2)c1. The van der Waals surface area contributed by atoms with Crippen molar-refractivity contribution in [1.29, 1.82) is 0 Å². The zero-order valence-electron chi connectivity index (χ0n) is 9.51. The molecule has 0 aliphatic rings. The van der Waals surface area contributed by atoms with Crippen LogP contribution in [0.25, 0.3) is 5.69 Å². The molecule has 0 spiro atoms. The molecule has 1 aromatic carbocycles. The molecule has 0 aliphatic carbocycles. The highest BCUT2D eigenvalue weighted by Gasteiger charge is 2.19. The fraction of sp³-hybridized carbons (Fsp3) is 0.308. The highest BCUT2D eigenvalue weighted by Crippen LogP contribution is 2.08. The molecule has 0 radical (unpaired) electrons. The van der Waals surface area contributed by atoms with E-state index in [9.17, 15) is 0 Å². The van der Waals surface area contributed by atoms with Gasteiger partial charge in [0.25, 0.3) is 0 Å². The Hall–Kier alpha value is -1.57. The Balaban J connectivity index is 2.37. The van der Waals surface area contributed by atoms with E-state index in [0.717, 1.165) is 0 Å². The van der Waals surface area contributed by atoms with Crippen molar-refractivity contribution >= 4 is 0 Å². The Morgan fingerprint density at radius 1 is 1.07 bits per heavy atom. The number of benzene rings is 1. The maximum Gasteiger partial charge on any atom is 0.249 e. The third kappa shape index (κ3) is 2.09. The van der Waals surface area contributed by atoms with Gasteiger partial charge in [-0.3, -0.25) is 0 Å². The smallest absolute Gasteiger partial charge is 0.232 e. The maximum atomic E-state index is 2.21. The van der Waals surface area contributed by atoms with Crippen molar-refractivity contribution in [2.75, 3.05) is 0 Å². The average molecular weight is 201 g/mol. The van der Waals surface area contributed by atoms with Gasteiger partial charge in [0, 0.05) is 0 Å². The van der Waals surface area contributed by atoms with Gasteiger partial charge in [0.1, 0.15) is 23.6 Å². The van der Waals surface area contributed by atoms with Crippen LogP contribution in [0.4, 0.5) is 0 Å². The second-order valence-corrected chi connectivity index (χ2v) is 4.73. The van der Waals surface area contributed by atoms with Crippen LogP contribution in [-0.4, -0.2) is 4.57 Å². The van der Waals surface area contributed by atoms with Gasteiger partial charge in [-0.15, -0.1) is 0 Å². The predicted octanol–water partition coefficient (Wildman–Crippen LogP) is 2.52. The number of hydrogen-bond acceptors (Lipinski definition) is 0. The van der Waals surface area contributed by atoms with Gasteiger partial charge in [-0.2, -0.15) is 0 Å². The fourth-order valence-corrected chi connectivity index (χ4v) is 1.50. The van der Waals surface area contributed by atoms with Crippen molar-refractivity contribution in [3.63, 3.8) is 0 Å². The van der Waals surface area contributed by atoms with E-state index < -0.39 is 0 Å². The van der Waals surface area contributed by atoms with E-state index in [1.54, 1.807) is 0 Å². The molecule has 0 aliphatic heterocycles. The average Bonchev–Trinajstić information content (AvgIpc) is 2.67. The van der Waals surface area contributed by atoms with E-state index in [4.69, 9.17) is 0 Å². The van der Waals surface area contributed by atoms with Crippen LogP contribution in [0.5, 0.6) is 0 Å². The lowest BCUT2D eigenvalue weighted by molar-refractivity contribution is -0.753. The van der Waals surface area contributed by atoms with E-state index in [1.165, 1.54) is 5.69 Å². The summed E-state index contributed by atoms with van der Waals surface area (Å²) in [7, 11) is 0. The highest BCUT2D eigenvalue weighted by molar-refractivity contribution is 5.30. The third-order valence-corrected chi connectivity index (χ3v) is 2.47. The molecule has 2 aromatic rings. The number of rotatable bonds is 1. The minimum atomic E-state index is 0.139. The minimum absolute atomic E-state index is 0.139. The molecule has 0 saturated carbocycles. The summed E-state index contributed by atoms with van der Waals surface area (Å²) in [5, 5.41) is 0. The molecule has 0 atom stereocenters. The Labute approximate surface area is 90.8 Å². The van der Waals surface area contributed by atoms with Crippen LogP contribution in [0.2, 0.25) is 0 Å². The van der Waals surface area contributed by atoms with E-state index in [0.29, 0.717) is 0 Å². The largest absolute Gasteiger partial charge is 0.249 e. The van der Waals surface area contributed by atoms with E-state index in [-0.39, 0.29) is 5.54 Å². The van der Waals surface area contributed by atoms with Gasteiger partial charge in [0.15, 0.2) is 0 Å². The molecule has 0 saturated heterocycles. The van der Waals surface area contributed by atoms with Crippen molar-refractivity contribution in [2.45, 2.75) is 26.3 Å². The quantitative estimate of drug-likeness (QED) is 0.627. The molecule has 0 amide bonds. The molecule has 2 rings (SSSR count). The molecule has 1 heterocycles. The summed E-state index contributed by atoms with van der Waals surface area (Å²) in [6, 6.07) is 10.3. The number of para-hydroxylation sites is 1. The molecule has 0 N–H and O–H groups in total. The maximum absolute atomic E-state index is 2.21. The first-order valence-corrected chi connectivity index (χ1v) is 5.22. The monoisotopic (exact) mass is 201 g/mol. The fourth-order valence-electron chi connectivity index (χ4n) is 1.50. The van der Waals surface area contributed by atoms with Crippen LogP contribution >= 0.6 is 0 Å². The summed E-state index contributed by atoms with van der Waals surface area (Å²) in [5.41, 5.74) is 1.33. The van der Waals surface area contributed by atoms with Crippen LogP contribution in [0, 0.1) is 0 Å². The first-order chi connectivity index (χ1) is 7.07. The zero-order chi connectivity index (χ0) is 10.9. The lowest BCUT2D eigenvalue weighted by Gasteiger charge is -2.13. The zero-order valence-corrected chi connectivity index (χ0v) is 9.51. The van der Waals surface area contributed by atoms with Crippen molar-refractivity contribution in [1.82, 2.24) is 4.57 Å².